The molecule has 0 amide bonds. The van der Waals surface area contributed by atoms with Gasteiger partial charge in [0.25, 0.3) is 5.56 Å². The fourth-order valence-corrected chi connectivity index (χ4v) is 2.19. The van der Waals surface area contributed by atoms with E-state index in [0.717, 1.165) is 17.5 Å². The lowest BCUT2D eigenvalue weighted by Crippen LogP contribution is -2.08. The molecule has 3 rings (SSSR count). The van der Waals surface area contributed by atoms with Gasteiger partial charge < -0.3 is 4.98 Å². The van der Waals surface area contributed by atoms with Crippen LogP contribution >= 0.6 is 0 Å². The summed E-state index contributed by atoms with van der Waals surface area (Å²) in [6.07, 6.45) is 4.53. The smallest absolute Gasteiger partial charge is 0.251 e. The van der Waals surface area contributed by atoms with Crippen LogP contribution in [0.3, 0.4) is 0 Å². The fraction of sp³-hybridized carbons (Fsp3) is 0.188. The molecule has 21 heavy (non-hydrogen) atoms. The van der Waals surface area contributed by atoms with Gasteiger partial charge in [-0.1, -0.05) is 31.2 Å². The zero-order chi connectivity index (χ0) is 14.8. The molecule has 0 aliphatic heterocycles. The number of nitrogens with one attached hydrogen (secondary N) is 1. The van der Waals surface area contributed by atoms with Gasteiger partial charge >= 0.3 is 0 Å². The molecule has 1 aromatic carbocycles. The zero-order valence-corrected chi connectivity index (χ0v) is 12.0. The highest BCUT2D eigenvalue weighted by Crippen LogP contribution is 2.19. The molecule has 0 atom stereocenters. The van der Waals surface area contributed by atoms with Gasteiger partial charge in [0.1, 0.15) is 5.82 Å². The Bertz CT molecular complexity index is 815. The average Bonchev–Trinajstić information content (AvgIpc) is 2.93. The Balaban J connectivity index is 2.06. The second kappa shape index (κ2) is 5.36. The summed E-state index contributed by atoms with van der Waals surface area (Å²) < 4.78 is 1.69. The van der Waals surface area contributed by atoms with Crippen molar-refractivity contribution in [2.75, 3.05) is 0 Å². The molecule has 0 saturated heterocycles. The van der Waals surface area contributed by atoms with E-state index in [2.05, 4.69) is 22.0 Å². The third-order valence-corrected chi connectivity index (χ3v) is 3.38. The molecule has 5 nitrogen and oxygen atoms in total. The van der Waals surface area contributed by atoms with Gasteiger partial charge in [-0.2, -0.15) is 5.10 Å². The van der Waals surface area contributed by atoms with Gasteiger partial charge in [0.2, 0.25) is 0 Å². The van der Waals surface area contributed by atoms with Crippen molar-refractivity contribution < 1.29 is 0 Å². The largest absolute Gasteiger partial charge is 0.306 e. The molecule has 0 radical (unpaired) electrons. The third-order valence-electron chi connectivity index (χ3n) is 3.38. The first-order chi connectivity index (χ1) is 10.2. The van der Waals surface area contributed by atoms with Crippen LogP contribution in [0.1, 0.15) is 12.5 Å². The highest BCUT2D eigenvalue weighted by Gasteiger charge is 2.07. The van der Waals surface area contributed by atoms with Crippen LogP contribution in [0.5, 0.6) is 0 Å². The number of aromatic amines is 1. The van der Waals surface area contributed by atoms with Crippen molar-refractivity contribution in [2.45, 2.75) is 13.3 Å². The molecule has 0 aliphatic carbocycles. The van der Waals surface area contributed by atoms with E-state index in [0.29, 0.717) is 11.5 Å². The molecule has 0 saturated carbocycles. The Morgan fingerprint density at radius 1 is 1.19 bits per heavy atom. The maximum atomic E-state index is 11.9. The standard InChI is InChI=1S/C16H16N4O/c1-3-11-4-6-12(7-5-11)16-18-14(8-15(21)19-16)13-9-17-20(2)10-13/h4-10H,3H2,1-2H3,(H,18,19,21). The van der Waals surface area contributed by atoms with Gasteiger partial charge in [-0.05, 0) is 12.0 Å². The quantitative estimate of drug-likeness (QED) is 0.801. The Morgan fingerprint density at radius 3 is 2.57 bits per heavy atom. The van der Waals surface area contributed by atoms with Crippen LogP contribution in [0.25, 0.3) is 22.6 Å². The molecule has 1 N–H and O–H groups in total. The molecule has 0 aliphatic rings. The number of nitrogens with zero attached hydrogens (tertiary/aromatic N) is 3. The minimum absolute atomic E-state index is 0.168. The van der Waals surface area contributed by atoms with Gasteiger partial charge in [0.15, 0.2) is 0 Å². The number of rotatable bonds is 3. The van der Waals surface area contributed by atoms with E-state index in [-0.39, 0.29) is 5.56 Å². The van der Waals surface area contributed by atoms with Crippen molar-refractivity contribution >= 4 is 0 Å². The number of H-pyrrole nitrogens is 1. The summed E-state index contributed by atoms with van der Waals surface area (Å²) in [5.41, 5.74) is 3.44. The molecule has 2 aromatic heterocycles. The van der Waals surface area contributed by atoms with Crippen molar-refractivity contribution in [2.24, 2.45) is 7.05 Å². The highest BCUT2D eigenvalue weighted by atomic mass is 16.1. The van der Waals surface area contributed by atoms with Gasteiger partial charge in [-0.15, -0.1) is 0 Å². The van der Waals surface area contributed by atoms with Crippen LogP contribution in [0.2, 0.25) is 0 Å². The lowest BCUT2D eigenvalue weighted by atomic mass is 10.1. The van der Waals surface area contributed by atoms with Gasteiger partial charge in [0, 0.05) is 30.4 Å². The summed E-state index contributed by atoms with van der Waals surface area (Å²) in [6, 6.07) is 9.54. The van der Waals surface area contributed by atoms with E-state index in [1.807, 2.05) is 37.5 Å². The summed E-state index contributed by atoms with van der Waals surface area (Å²) in [5.74, 6) is 0.573. The van der Waals surface area contributed by atoms with E-state index < -0.39 is 0 Å². The Morgan fingerprint density at radius 2 is 1.95 bits per heavy atom. The van der Waals surface area contributed by atoms with Crippen molar-refractivity contribution in [1.82, 2.24) is 19.7 Å². The molecule has 0 fully saturated rings. The van der Waals surface area contributed by atoms with Crippen LogP contribution < -0.4 is 5.56 Å². The second-order valence-electron chi connectivity index (χ2n) is 4.93. The third kappa shape index (κ3) is 2.76. The molecule has 3 aromatic rings. The Kier molecular flexibility index (Phi) is 3.39. The van der Waals surface area contributed by atoms with E-state index in [1.165, 1.54) is 11.6 Å². The van der Waals surface area contributed by atoms with Gasteiger partial charge in [-0.3, -0.25) is 9.48 Å². The van der Waals surface area contributed by atoms with E-state index in [1.54, 1.807) is 10.9 Å². The van der Waals surface area contributed by atoms with E-state index in [9.17, 15) is 4.79 Å². The van der Waals surface area contributed by atoms with Crippen LogP contribution in [0.15, 0.2) is 47.5 Å². The summed E-state index contributed by atoms with van der Waals surface area (Å²) in [6.45, 7) is 2.11. The molecular formula is C16H16N4O. The molecule has 5 heteroatoms. The van der Waals surface area contributed by atoms with E-state index in [4.69, 9.17) is 0 Å². The van der Waals surface area contributed by atoms with Gasteiger partial charge in [0.05, 0.1) is 11.9 Å². The SMILES string of the molecule is CCc1ccc(-c2nc(-c3cnn(C)c3)cc(=O)[nH]2)cc1. The summed E-state index contributed by atoms with van der Waals surface area (Å²) in [4.78, 5) is 19.2. The number of aryl methyl sites for hydroxylation is 2. The van der Waals surface area contributed by atoms with E-state index >= 15 is 0 Å². The van der Waals surface area contributed by atoms with Crippen molar-refractivity contribution in [3.63, 3.8) is 0 Å². The summed E-state index contributed by atoms with van der Waals surface area (Å²) in [7, 11) is 1.83. The molecular weight excluding hydrogens is 264 g/mol. The first kappa shape index (κ1) is 13.3. The minimum atomic E-state index is -0.168. The summed E-state index contributed by atoms with van der Waals surface area (Å²) >= 11 is 0. The number of hydrogen-bond donors (Lipinski definition) is 1. The Hall–Kier alpha value is -2.69. The van der Waals surface area contributed by atoms with Crippen molar-refractivity contribution in [3.05, 3.63) is 58.6 Å². The number of benzene rings is 1. The second-order valence-corrected chi connectivity index (χ2v) is 4.93. The molecule has 2 heterocycles. The molecule has 0 spiro atoms. The lowest BCUT2D eigenvalue weighted by molar-refractivity contribution is 0.768. The average molecular weight is 280 g/mol. The summed E-state index contributed by atoms with van der Waals surface area (Å²) in [5, 5.41) is 4.11. The van der Waals surface area contributed by atoms with Crippen molar-refractivity contribution in [3.8, 4) is 22.6 Å². The maximum Gasteiger partial charge on any atom is 0.251 e. The first-order valence-corrected chi connectivity index (χ1v) is 6.85. The Labute approximate surface area is 122 Å². The van der Waals surface area contributed by atoms with Crippen LogP contribution in [-0.4, -0.2) is 19.7 Å². The van der Waals surface area contributed by atoms with Crippen LogP contribution in [-0.2, 0) is 13.5 Å². The number of hydrogen-bond acceptors (Lipinski definition) is 3. The molecule has 106 valence electrons. The van der Waals surface area contributed by atoms with Gasteiger partial charge in [-0.25, -0.2) is 4.98 Å². The van der Waals surface area contributed by atoms with Crippen molar-refractivity contribution in [1.29, 1.82) is 0 Å². The normalized spacial score (nSPS) is 10.8. The zero-order valence-electron chi connectivity index (χ0n) is 12.0. The topological polar surface area (TPSA) is 63.6 Å². The molecule has 0 bridgehead atoms. The molecule has 0 unspecified atom stereocenters. The monoisotopic (exact) mass is 280 g/mol. The lowest BCUT2D eigenvalue weighted by Gasteiger charge is -2.04. The first-order valence-electron chi connectivity index (χ1n) is 6.85. The number of aromatic nitrogens is 4. The van der Waals surface area contributed by atoms with Crippen LogP contribution in [0.4, 0.5) is 0 Å². The highest BCUT2D eigenvalue weighted by molar-refractivity contribution is 5.62. The predicted octanol–water partition coefficient (Wildman–Crippen LogP) is 2.40. The minimum Gasteiger partial charge on any atom is -0.306 e. The maximum absolute atomic E-state index is 11.9. The fourth-order valence-electron chi connectivity index (χ4n) is 2.19. The van der Waals surface area contributed by atoms with Crippen LogP contribution in [0, 0.1) is 0 Å². The predicted molar refractivity (Wildman–Crippen MR) is 81.9 cm³/mol.